The van der Waals surface area contributed by atoms with E-state index in [-0.39, 0.29) is 11.9 Å². The maximum absolute atomic E-state index is 12.1. The molecule has 5 heteroatoms. The number of likely N-dealkylation sites (N-methyl/N-ethyl adjacent to an activating group) is 1. The summed E-state index contributed by atoms with van der Waals surface area (Å²) in [5.74, 6) is -0.0476. The van der Waals surface area contributed by atoms with Gasteiger partial charge in [0, 0.05) is 18.2 Å². The van der Waals surface area contributed by atoms with E-state index in [0.29, 0.717) is 11.1 Å². The summed E-state index contributed by atoms with van der Waals surface area (Å²) in [4.78, 5) is 18.3. The molecule has 1 fully saturated rings. The minimum atomic E-state index is -0.0476. The van der Waals surface area contributed by atoms with E-state index in [1.165, 1.54) is 6.39 Å². The summed E-state index contributed by atoms with van der Waals surface area (Å²) in [6, 6.07) is 5.55. The smallest absolute Gasteiger partial charge is 0.251 e. The Labute approximate surface area is 105 Å². The molecular weight excluding hydrogens is 230 g/mol. The van der Waals surface area contributed by atoms with E-state index < -0.39 is 0 Å². The third kappa shape index (κ3) is 2.09. The first-order valence-corrected chi connectivity index (χ1v) is 6.05. The number of amides is 1. The highest BCUT2D eigenvalue weighted by Gasteiger charge is 2.21. The van der Waals surface area contributed by atoms with Crippen LogP contribution in [0.3, 0.4) is 0 Å². The lowest BCUT2D eigenvalue weighted by Crippen LogP contribution is -2.36. The molecule has 1 saturated heterocycles. The SMILES string of the molecule is CN1CCC(NC(=O)c2ccc3ncoc3c2)C1. The molecule has 1 N–H and O–H groups in total. The normalized spacial score (nSPS) is 20.4. The van der Waals surface area contributed by atoms with Crippen LogP contribution in [-0.4, -0.2) is 42.0 Å². The van der Waals surface area contributed by atoms with Crippen LogP contribution < -0.4 is 5.32 Å². The lowest BCUT2D eigenvalue weighted by atomic mass is 10.1. The Morgan fingerprint density at radius 3 is 3.22 bits per heavy atom. The molecule has 94 valence electrons. The molecule has 0 bridgehead atoms. The minimum Gasteiger partial charge on any atom is -0.443 e. The molecule has 3 rings (SSSR count). The fourth-order valence-electron chi connectivity index (χ4n) is 2.32. The van der Waals surface area contributed by atoms with Gasteiger partial charge in [-0.15, -0.1) is 0 Å². The van der Waals surface area contributed by atoms with E-state index >= 15 is 0 Å². The molecule has 1 amide bonds. The van der Waals surface area contributed by atoms with Crippen molar-refractivity contribution >= 4 is 17.0 Å². The van der Waals surface area contributed by atoms with Crippen LogP contribution >= 0.6 is 0 Å². The number of hydrogen-bond acceptors (Lipinski definition) is 4. The number of likely N-dealkylation sites (tertiary alicyclic amines) is 1. The number of rotatable bonds is 2. The molecule has 0 saturated carbocycles. The number of oxazole rings is 1. The standard InChI is InChI=1S/C13H15N3O2/c1-16-5-4-10(7-16)15-13(17)9-2-3-11-12(6-9)18-8-14-11/h2-3,6,8,10H,4-5,7H2,1H3,(H,15,17). The number of aromatic nitrogens is 1. The predicted molar refractivity (Wildman–Crippen MR) is 67.4 cm³/mol. The quantitative estimate of drug-likeness (QED) is 0.865. The maximum atomic E-state index is 12.1. The van der Waals surface area contributed by atoms with E-state index in [4.69, 9.17) is 4.42 Å². The monoisotopic (exact) mass is 245 g/mol. The predicted octanol–water partition coefficient (Wildman–Crippen LogP) is 1.26. The number of benzene rings is 1. The van der Waals surface area contributed by atoms with Gasteiger partial charge in [0.1, 0.15) is 5.52 Å². The van der Waals surface area contributed by atoms with E-state index in [0.717, 1.165) is 25.0 Å². The molecule has 0 aliphatic carbocycles. The first kappa shape index (κ1) is 11.2. The highest BCUT2D eigenvalue weighted by Crippen LogP contribution is 2.15. The van der Waals surface area contributed by atoms with Crippen LogP contribution in [0.15, 0.2) is 29.0 Å². The lowest BCUT2D eigenvalue weighted by Gasteiger charge is -2.12. The van der Waals surface area contributed by atoms with Gasteiger partial charge >= 0.3 is 0 Å². The first-order valence-electron chi connectivity index (χ1n) is 6.05. The van der Waals surface area contributed by atoms with Gasteiger partial charge in [0.2, 0.25) is 0 Å². The highest BCUT2D eigenvalue weighted by molar-refractivity contribution is 5.97. The van der Waals surface area contributed by atoms with Crippen LogP contribution in [0.25, 0.3) is 11.1 Å². The number of carbonyl (C=O) groups is 1. The summed E-state index contributed by atoms with van der Waals surface area (Å²) in [6.45, 7) is 1.95. The molecule has 1 aliphatic rings. The highest BCUT2D eigenvalue weighted by atomic mass is 16.3. The Bertz CT molecular complexity index is 578. The van der Waals surface area contributed by atoms with Gasteiger partial charge in [-0.05, 0) is 38.2 Å². The van der Waals surface area contributed by atoms with Gasteiger partial charge < -0.3 is 14.6 Å². The fraction of sp³-hybridized carbons (Fsp3) is 0.385. The van der Waals surface area contributed by atoms with E-state index in [1.807, 2.05) is 0 Å². The summed E-state index contributed by atoms with van der Waals surface area (Å²) in [5, 5.41) is 3.04. The van der Waals surface area contributed by atoms with Crippen molar-refractivity contribution in [1.82, 2.24) is 15.2 Å². The Kier molecular flexibility index (Phi) is 2.76. The second-order valence-corrected chi connectivity index (χ2v) is 4.76. The summed E-state index contributed by atoms with van der Waals surface area (Å²) in [7, 11) is 2.06. The zero-order chi connectivity index (χ0) is 12.5. The number of fused-ring (bicyclic) bond motifs is 1. The molecule has 1 aliphatic heterocycles. The molecule has 1 aromatic carbocycles. The average Bonchev–Trinajstić information content (AvgIpc) is 2.96. The van der Waals surface area contributed by atoms with Crippen molar-refractivity contribution in [2.75, 3.05) is 20.1 Å². The molecule has 0 radical (unpaired) electrons. The summed E-state index contributed by atoms with van der Waals surface area (Å²) in [5.41, 5.74) is 2.03. The third-order valence-corrected chi connectivity index (χ3v) is 3.32. The Morgan fingerprint density at radius 1 is 1.56 bits per heavy atom. The number of nitrogens with one attached hydrogen (secondary N) is 1. The third-order valence-electron chi connectivity index (χ3n) is 3.32. The molecule has 1 atom stereocenters. The van der Waals surface area contributed by atoms with Gasteiger partial charge in [-0.25, -0.2) is 4.98 Å². The summed E-state index contributed by atoms with van der Waals surface area (Å²) in [6.07, 6.45) is 2.39. The van der Waals surface area contributed by atoms with Crippen LogP contribution in [0.1, 0.15) is 16.8 Å². The van der Waals surface area contributed by atoms with Crippen molar-refractivity contribution in [3.8, 4) is 0 Å². The van der Waals surface area contributed by atoms with Crippen LogP contribution in [0.5, 0.6) is 0 Å². The van der Waals surface area contributed by atoms with Crippen molar-refractivity contribution in [2.24, 2.45) is 0 Å². The van der Waals surface area contributed by atoms with E-state index in [2.05, 4.69) is 22.2 Å². The Hall–Kier alpha value is -1.88. The van der Waals surface area contributed by atoms with Gasteiger partial charge in [-0.3, -0.25) is 4.79 Å². The maximum Gasteiger partial charge on any atom is 0.251 e. The lowest BCUT2D eigenvalue weighted by molar-refractivity contribution is 0.0938. The van der Waals surface area contributed by atoms with Crippen LogP contribution in [-0.2, 0) is 0 Å². The molecule has 1 unspecified atom stereocenters. The van der Waals surface area contributed by atoms with Crippen LogP contribution in [0.4, 0.5) is 0 Å². The molecule has 2 aromatic rings. The summed E-state index contributed by atoms with van der Waals surface area (Å²) >= 11 is 0. The Balaban J connectivity index is 1.75. The number of hydrogen-bond donors (Lipinski definition) is 1. The molecule has 1 aromatic heterocycles. The van der Waals surface area contributed by atoms with Gasteiger partial charge in [0.05, 0.1) is 0 Å². The van der Waals surface area contributed by atoms with Crippen LogP contribution in [0, 0.1) is 0 Å². The molecule has 5 nitrogen and oxygen atoms in total. The van der Waals surface area contributed by atoms with Gasteiger partial charge in [0.15, 0.2) is 12.0 Å². The van der Waals surface area contributed by atoms with E-state index in [1.54, 1.807) is 18.2 Å². The fourth-order valence-corrected chi connectivity index (χ4v) is 2.32. The Morgan fingerprint density at radius 2 is 2.44 bits per heavy atom. The molecule has 2 heterocycles. The minimum absolute atomic E-state index is 0.0476. The van der Waals surface area contributed by atoms with Crippen molar-refractivity contribution < 1.29 is 9.21 Å². The zero-order valence-electron chi connectivity index (χ0n) is 10.2. The second kappa shape index (κ2) is 4.42. The van der Waals surface area contributed by atoms with Gasteiger partial charge in [-0.2, -0.15) is 0 Å². The second-order valence-electron chi connectivity index (χ2n) is 4.76. The zero-order valence-corrected chi connectivity index (χ0v) is 10.2. The first-order chi connectivity index (χ1) is 8.72. The average molecular weight is 245 g/mol. The van der Waals surface area contributed by atoms with Crippen molar-refractivity contribution in [2.45, 2.75) is 12.5 Å². The summed E-state index contributed by atoms with van der Waals surface area (Å²) < 4.78 is 5.20. The molecular formula is C13H15N3O2. The number of nitrogens with zero attached hydrogens (tertiary/aromatic N) is 2. The number of carbonyl (C=O) groups excluding carboxylic acids is 1. The van der Waals surface area contributed by atoms with Crippen molar-refractivity contribution in [3.63, 3.8) is 0 Å². The topological polar surface area (TPSA) is 58.4 Å². The largest absolute Gasteiger partial charge is 0.443 e. The molecule has 0 spiro atoms. The molecule has 18 heavy (non-hydrogen) atoms. The van der Waals surface area contributed by atoms with Crippen LogP contribution in [0.2, 0.25) is 0 Å². The van der Waals surface area contributed by atoms with E-state index in [9.17, 15) is 4.79 Å². The van der Waals surface area contributed by atoms with Crippen molar-refractivity contribution in [1.29, 1.82) is 0 Å². The van der Waals surface area contributed by atoms with Gasteiger partial charge in [0.25, 0.3) is 5.91 Å². The van der Waals surface area contributed by atoms with Gasteiger partial charge in [-0.1, -0.05) is 0 Å². The van der Waals surface area contributed by atoms with Crippen molar-refractivity contribution in [3.05, 3.63) is 30.2 Å².